The number of hydrogen-bond acceptors (Lipinski definition) is 2. The van der Waals surface area contributed by atoms with Crippen molar-refractivity contribution in [3.05, 3.63) is 208 Å². The minimum absolute atomic E-state index is 0.0451. The minimum Gasteiger partial charge on any atom is -0.455 e. The lowest BCUT2D eigenvalue weighted by atomic mass is 9.42. The quantitative estimate of drug-likeness (QED) is 0.171. The number of anilines is 3. The molecule has 7 aliphatic rings. The number of ether oxygens (including phenoxy) is 1. The fraction of sp³-hybridized carbons (Fsp3) is 0.311. The molecule has 1 spiro atoms. The summed E-state index contributed by atoms with van der Waals surface area (Å²) in [5.41, 5.74) is 16.7. The molecule has 4 bridgehead atoms. The zero-order valence-electron chi connectivity index (χ0n) is 37.2. The molecule has 63 heavy (non-hydrogen) atoms. The third-order valence-electron chi connectivity index (χ3n) is 17.4. The molecule has 2 heteroatoms. The minimum atomic E-state index is -0.506. The molecule has 0 amide bonds. The number of rotatable bonds is 5. The molecule has 0 N–H and O–H groups in total. The second-order valence-corrected chi connectivity index (χ2v) is 21.5. The van der Waals surface area contributed by atoms with Gasteiger partial charge in [-0.2, -0.15) is 0 Å². The average Bonchev–Trinajstić information content (AvgIpc) is 3.60. The van der Waals surface area contributed by atoms with Gasteiger partial charge in [-0.05, 0) is 160 Å². The Morgan fingerprint density at radius 2 is 0.984 bits per heavy atom. The van der Waals surface area contributed by atoms with Crippen molar-refractivity contribution >= 4 is 17.1 Å². The summed E-state index contributed by atoms with van der Waals surface area (Å²) in [5.74, 6) is 5.08. The van der Waals surface area contributed by atoms with Gasteiger partial charge in [-0.25, -0.2) is 0 Å². The molecule has 1 heterocycles. The van der Waals surface area contributed by atoms with Gasteiger partial charge in [0.25, 0.3) is 0 Å². The highest BCUT2D eigenvalue weighted by Gasteiger charge is 2.61. The van der Waals surface area contributed by atoms with E-state index >= 15 is 0 Å². The molecule has 4 saturated carbocycles. The summed E-state index contributed by atoms with van der Waals surface area (Å²) >= 11 is 0. The maximum atomic E-state index is 7.43. The van der Waals surface area contributed by atoms with Gasteiger partial charge in [0.1, 0.15) is 5.75 Å². The predicted molar refractivity (Wildman–Crippen MR) is 258 cm³/mol. The fourth-order valence-corrected chi connectivity index (χ4v) is 14.8. The lowest BCUT2D eigenvalue weighted by Gasteiger charge is -2.63. The predicted octanol–water partition coefficient (Wildman–Crippen LogP) is 15.7. The summed E-state index contributed by atoms with van der Waals surface area (Å²) < 4.78 is 7.43. The van der Waals surface area contributed by atoms with Crippen molar-refractivity contribution in [1.29, 1.82) is 0 Å². The topological polar surface area (TPSA) is 12.5 Å². The molecule has 0 saturated heterocycles. The first kappa shape index (κ1) is 37.7. The first-order valence-corrected chi connectivity index (χ1v) is 23.9. The van der Waals surface area contributed by atoms with Crippen LogP contribution in [0, 0.1) is 23.7 Å². The van der Waals surface area contributed by atoms with Crippen LogP contribution in [0.2, 0.25) is 0 Å². The number of para-hydroxylation sites is 2. The fourth-order valence-electron chi connectivity index (χ4n) is 14.8. The number of nitrogens with zero attached hydrogens (tertiary/aromatic N) is 1. The molecule has 0 aromatic heterocycles. The Bertz CT molecular complexity index is 2890. The molecular weight excluding hydrogens is 763 g/mol. The van der Waals surface area contributed by atoms with E-state index in [2.05, 4.69) is 196 Å². The molecule has 7 aromatic rings. The van der Waals surface area contributed by atoms with Crippen LogP contribution in [0.3, 0.4) is 0 Å². The van der Waals surface area contributed by atoms with Crippen LogP contribution in [0.5, 0.6) is 11.5 Å². The van der Waals surface area contributed by atoms with Crippen LogP contribution in [0.1, 0.15) is 117 Å². The van der Waals surface area contributed by atoms with E-state index in [9.17, 15) is 0 Å². The van der Waals surface area contributed by atoms with Gasteiger partial charge in [-0.1, -0.05) is 155 Å². The Balaban J connectivity index is 1.09. The summed E-state index contributed by atoms with van der Waals surface area (Å²) in [4.78, 5) is 2.58. The Kier molecular flexibility index (Phi) is 7.97. The number of benzene rings is 7. The molecule has 0 radical (unpaired) electrons. The second-order valence-electron chi connectivity index (χ2n) is 21.5. The molecule has 6 aliphatic carbocycles. The van der Waals surface area contributed by atoms with Crippen molar-refractivity contribution in [3.8, 4) is 22.6 Å². The summed E-state index contributed by atoms with van der Waals surface area (Å²) in [7, 11) is 0. The zero-order chi connectivity index (χ0) is 42.3. The monoisotopic (exact) mass is 819 g/mol. The molecule has 2 nitrogen and oxygen atoms in total. The van der Waals surface area contributed by atoms with E-state index in [0.717, 1.165) is 41.1 Å². The summed E-state index contributed by atoms with van der Waals surface area (Å²) in [5, 5.41) is 0. The van der Waals surface area contributed by atoms with Crippen LogP contribution in [-0.4, -0.2) is 0 Å². The Labute approximate surface area is 374 Å². The van der Waals surface area contributed by atoms with E-state index in [-0.39, 0.29) is 16.2 Å². The smallest absolute Gasteiger partial charge is 0.155 e. The van der Waals surface area contributed by atoms with Crippen molar-refractivity contribution in [2.45, 2.75) is 94.3 Å². The number of fused-ring (bicyclic) bond motifs is 6. The zero-order valence-corrected chi connectivity index (χ0v) is 37.2. The first-order valence-electron chi connectivity index (χ1n) is 23.9. The van der Waals surface area contributed by atoms with Crippen LogP contribution < -0.4 is 9.64 Å². The van der Waals surface area contributed by atoms with Crippen molar-refractivity contribution in [2.24, 2.45) is 23.7 Å². The van der Waals surface area contributed by atoms with Crippen molar-refractivity contribution in [2.75, 3.05) is 4.90 Å². The van der Waals surface area contributed by atoms with Crippen molar-refractivity contribution in [1.82, 2.24) is 0 Å². The van der Waals surface area contributed by atoms with Crippen molar-refractivity contribution in [3.63, 3.8) is 0 Å². The normalized spacial score (nSPS) is 25.6. The molecule has 0 atom stereocenters. The largest absolute Gasteiger partial charge is 0.455 e. The highest BCUT2D eigenvalue weighted by atomic mass is 16.5. The Morgan fingerprint density at radius 3 is 1.67 bits per heavy atom. The van der Waals surface area contributed by atoms with Gasteiger partial charge < -0.3 is 9.64 Å². The maximum absolute atomic E-state index is 7.43. The molecule has 312 valence electrons. The third kappa shape index (κ3) is 5.13. The average molecular weight is 820 g/mol. The van der Waals surface area contributed by atoms with Gasteiger partial charge in [0.15, 0.2) is 5.75 Å². The third-order valence-corrected chi connectivity index (χ3v) is 17.4. The lowest BCUT2D eigenvalue weighted by Crippen LogP contribution is -2.57. The van der Waals surface area contributed by atoms with Gasteiger partial charge in [-0.3, -0.25) is 0 Å². The second kappa shape index (κ2) is 13.3. The SMILES string of the molecule is CC1(C)CCC(C)(C)c2cc(N(c3ccc4c(c3)C(c3ccccc3)(c3ccccc3)c3ccccc3-4)c3cccc4c3Oc3ccccc3C43C4CC5CC(C4)CC3C5)ccc21. The molecular formula is C61H57NO. The van der Waals surface area contributed by atoms with Gasteiger partial charge in [-0.15, -0.1) is 0 Å². The Morgan fingerprint density at radius 1 is 0.444 bits per heavy atom. The molecule has 1 aliphatic heterocycles. The number of hydrogen-bond donors (Lipinski definition) is 0. The van der Waals surface area contributed by atoms with Crippen LogP contribution in [0.15, 0.2) is 164 Å². The highest BCUT2D eigenvalue weighted by Crippen LogP contribution is 2.70. The molecule has 7 aromatic carbocycles. The molecule has 0 unspecified atom stereocenters. The standard InChI is InChI=1S/C61H57NO/c1-58(2)30-31-59(3,4)54-38-46(27-29-50(54)58)62(55-24-15-23-52-57(55)63-56-25-14-13-22-51(56)61(52)43-33-39-32-40(35-43)36-44(61)34-39)45-26-28-48-47-20-11-12-21-49(47)60(53(48)37-45,41-16-7-5-8-17-41)42-18-9-6-10-19-42/h5-29,37-40,43-44H,30-36H2,1-4H3. The van der Waals surface area contributed by atoms with E-state index in [4.69, 9.17) is 4.74 Å². The molecule has 4 fully saturated rings. The molecule has 14 rings (SSSR count). The van der Waals surface area contributed by atoms with E-state index in [0.29, 0.717) is 11.8 Å². The summed E-state index contributed by atoms with van der Waals surface area (Å²) in [6.07, 6.45) is 9.11. The maximum Gasteiger partial charge on any atom is 0.155 e. The first-order chi connectivity index (χ1) is 30.7. The van der Waals surface area contributed by atoms with Crippen LogP contribution in [0.4, 0.5) is 17.1 Å². The van der Waals surface area contributed by atoms with E-state index in [1.165, 1.54) is 99.8 Å². The van der Waals surface area contributed by atoms with Gasteiger partial charge in [0.05, 0.1) is 11.1 Å². The van der Waals surface area contributed by atoms with Crippen molar-refractivity contribution < 1.29 is 4.74 Å². The van der Waals surface area contributed by atoms with E-state index < -0.39 is 5.41 Å². The lowest BCUT2D eigenvalue weighted by molar-refractivity contribution is -0.0451. The van der Waals surface area contributed by atoms with Crippen LogP contribution in [0.25, 0.3) is 11.1 Å². The van der Waals surface area contributed by atoms with Gasteiger partial charge >= 0.3 is 0 Å². The van der Waals surface area contributed by atoms with Crippen LogP contribution in [-0.2, 0) is 21.7 Å². The van der Waals surface area contributed by atoms with Gasteiger partial charge in [0.2, 0.25) is 0 Å². The highest BCUT2D eigenvalue weighted by molar-refractivity contribution is 5.91. The summed E-state index contributed by atoms with van der Waals surface area (Å²) in [6, 6.07) is 62.7. The Hall–Kier alpha value is -5.86. The van der Waals surface area contributed by atoms with E-state index in [1.54, 1.807) is 0 Å². The summed E-state index contributed by atoms with van der Waals surface area (Å²) in [6.45, 7) is 9.78. The van der Waals surface area contributed by atoms with E-state index in [1.807, 2.05) is 0 Å². The van der Waals surface area contributed by atoms with Crippen LogP contribution >= 0.6 is 0 Å². The van der Waals surface area contributed by atoms with Gasteiger partial charge in [0, 0.05) is 27.9 Å².